The average Bonchev–Trinajstić information content (AvgIpc) is 3.40. The van der Waals surface area contributed by atoms with Gasteiger partial charge in [-0.3, -0.25) is 14.6 Å². The Morgan fingerprint density at radius 2 is 1.69 bits per heavy atom. The number of hydrogen-bond donors (Lipinski definition) is 1. The molecular formula is C26H19F3N4O2. The molecule has 0 unspecified atom stereocenters. The number of amides is 1. The molecule has 3 aromatic carbocycles. The van der Waals surface area contributed by atoms with E-state index in [0.717, 1.165) is 44.1 Å². The van der Waals surface area contributed by atoms with Gasteiger partial charge in [-0.1, -0.05) is 6.07 Å². The van der Waals surface area contributed by atoms with E-state index >= 15 is 0 Å². The lowest BCUT2D eigenvalue weighted by atomic mass is 10.0. The number of rotatable bonds is 5. The summed E-state index contributed by atoms with van der Waals surface area (Å²) in [5, 5.41) is 2.38. The minimum atomic E-state index is -1.34. The highest BCUT2D eigenvalue weighted by Gasteiger charge is 2.21. The van der Waals surface area contributed by atoms with Crippen LogP contribution in [0.3, 0.4) is 0 Å². The average molecular weight is 476 g/mol. The summed E-state index contributed by atoms with van der Waals surface area (Å²) in [7, 11) is 0. The monoisotopic (exact) mass is 476 g/mol. The van der Waals surface area contributed by atoms with Crippen LogP contribution in [0, 0.1) is 17.5 Å². The minimum absolute atomic E-state index is 0.00970. The van der Waals surface area contributed by atoms with Gasteiger partial charge in [-0.25, -0.2) is 18.2 Å². The molecule has 0 bridgehead atoms. The van der Waals surface area contributed by atoms with E-state index in [2.05, 4.69) is 20.2 Å². The van der Waals surface area contributed by atoms with Crippen LogP contribution in [0.25, 0.3) is 11.0 Å². The highest BCUT2D eigenvalue weighted by atomic mass is 19.2. The maximum absolute atomic E-state index is 14.6. The van der Waals surface area contributed by atoms with Gasteiger partial charge in [-0.2, -0.15) is 0 Å². The van der Waals surface area contributed by atoms with E-state index in [0.29, 0.717) is 16.9 Å². The fourth-order valence-electron chi connectivity index (χ4n) is 4.06. The molecule has 1 aliphatic rings. The van der Waals surface area contributed by atoms with Gasteiger partial charge in [-0.05, 0) is 55.3 Å². The third-order valence-corrected chi connectivity index (χ3v) is 5.84. The molecule has 0 aliphatic carbocycles. The number of nitrogens with zero attached hydrogens (tertiary/aromatic N) is 3. The zero-order valence-electron chi connectivity index (χ0n) is 18.4. The second-order valence-electron chi connectivity index (χ2n) is 8.24. The first kappa shape index (κ1) is 22.5. The number of fused-ring (bicyclic) bond motifs is 1. The Hall–Kier alpha value is -4.27. The second-order valence-corrected chi connectivity index (χ2v) is 8.24. The lowest BCUT2D eigenvalue weighted by Crippen LogP contribution is -2.19. The molecule has 4 aromatic rings. The molecule has 176 valence electrons. The van der Waals surface area contributed by atoms with Gasteiger partial charge in [0.05, 0.1) is 22.8 Å². The number of benzene rings is 3. The van der Waals surface area contributed by atoms with Crippen molar-refractivity contribution in [3.05, 3.63) is 94.9 Å². The molecule has 0 saturated carbocycles. The predicted octanol–water partition coefficient (Wildman–Crippen LogP) is 5.13. The van der Waals surface area contributed by atoms with E-state index in [9.17, 15) is 22.8 Å². The van der Waals surface area contributed by atoms with E-state index < -0.39 is 34.7 Å². The predicted molar refractivity (Wildman–Crippen MR) is 125 cm³/mol. The fourth-order valence-corrected chi connectivity index (χ4v) is 4.06. The molecule has 0 radical (unpaired) electrons. The maximum Gasteiger partial charge on any atom is 0.255 e. The summed E-state index contributed by atoms with van der Waals surface area (Å²) in [6, 6.07) is 11.3. The fraction of sp³-hybridized carbons (Fsp3) is 0.154. The number of aromatic nitrogens is 2. The summed E-state index contributed by atoms with van der Waals surface area (Å²) in [6.45, 7) is 1.74. The van der Waals surface area contributed by atoms with E-state index in [1.807, 2.05) is 0 Å². The van der Waals surface area contributed by atoms with E-state index in [4.69, 9.17) is 0 Å². The Morgan fingerprint density at radius 1 is 0.886 bits per heavy atom. The molecule has 9 heteroatoms. The largest absolute Gasteiger partial charge is 0.355 e. The van der Waals surface area contributed by atoms with Gasteiger partial charge in [-0.15, -0.1) is 0 Å². The zero-order valence-corrected chi connectivity index (χ0v) is 18.4. The molecule has 2 heterocycles. The van der Waals surface area contributed by atoms with Crippen LogP contribution < -0.4 is 10.2 Å². The van der Waals surface area contributed by atoms with Gasteiger partial charge in [0.1, 0.15) is 11.6 Å². The number of carbonyl (C=O) groups excluding carboxylic acids is 2. The molecular weight excluding hydrogens is 457 g/mol. The molecule has 1 saturated heterocycles. The van der Waals surface area contributed by atoms with Crippen molar-refractivity contribution in [2.75, 3.05) is 23.3 Å². The molecule has 0 spiro atoms. The molecule has 1 aromatic heterocycles. The Kier molecular flexibility index (Phi) is 5.90. The van der Waals surface area contributed by atoms with Crippen LogP contribution in [0.4, 0.5) is 24.7 Å². The first-order valence-corrected chi connectivity index (χ1v) is 11.0. The maximum atomic E-state index is 14.6. The van der Waals surface area contributed by atoms with Crippen LogP contribution in [0.1, 0.15) is 39.1 Å². The van der Waals surface area contributed by atoms with Crippen LogP contribution in [0.5, 0.6) is 0 Å². The molecule has 35 heavy (non-hydrogen) atoms. The molecule has 5 rings (SSSR count). The quantitative estimate of drug-likeness (QED) is 0.404. The van der Waals surface area contributed by atoms with Crippen molar-refractivity contribution in [1.82, 2.24) is 9.97 Å². The van der Waals surface area contributed by atoms with Crippen LogP contribution in [0.15, 0.2) is 60.8 Å². The van der Waals surface area contributed by atoms with Crippen molar-refractivity contribution in [2.24, 2.45) is 0 Å². The number of halogens is 3. The minimum Gasteiger partial charge on any atom is -0.355 e. The second kappa shape index (κ2) is 9.17. The Labute approximate surface area is 198 Å². The van der Waals surface area contributed by atoms with Crippen molar-refractivity contribution in [1.29, 1.82) is 0 Å². The third-order valence-electron chi connectivity index (χ3n) is 5.84. The summed E-state index contributed by atoms with van der Waals surface area (Å²) < 4.78 is 42.4. The Morgan fingerprint density at radius 3 is 2.46 bits per heavy atom. The molecule has 0 atom stereocenters. The summed E-state index contributed by atoms with van der Waals surface area (Å²) in [6.07, 6.45) is 3.80. The number of ketones is 1. The summed E-state index contributed by atoms with van der Waals surface area (Å²) >= 11 is 0. The Bertz CT molecular complexity index is 1470. The van der Waals surface area contributed by atoms with Gasteiger partial charge in [0.2, 0.25) is 0 Å². The van der Waals surface area contributed by atoms with Gasteiger partial charge < -0.3 is 10.2 Å². The highest BCUT2D eigenvalue weighted by Crippen LogP contribution is 2.25. The van der Waals surface area contributed by atoms with Crippen LogP contribution >= 0.6 is 0 Å². The first-order chi connectivity index (χ1) is 16.9. The van der Waals surface area contributed by atoms with Gasteiger partial charge >= 0.3 is 0 Å². The van der Waals surface area contributed by atoms with E-state index in [-0.39, 0.29) is 16.8 Å². The zero-order chi connectivity index (χ0) is 24.5. The molecule has 1 amide bonds. The van der Waals surface area contributed by atoms with Gasteiger partial charge in [0.25, 0.3) is 5.91 Å². The van der Waals surface area contributed by atoms with Crippen LogP contribution in [-0.2, 0) is 0 Å². The smallest absolute Gasteiger partial charge is 0.255 e. The Balaban J connectivity index is 1.46. The topological polar surface area (TPSA) is 75.2 Å². The summed E-state index contributed by atoms with van der Waals surface area (Å²) in [4.78, 5) is 36.6. The van der Waals surface area contributed by atoms with Gasteiger partial charge in [0.15, 0.2) is 17.4 Å². The summed E-state index contributed by atoms with van der Waals surface area (Å²) in [5.74, 6) is -4.08. The summed E-state index contributed by atoms with van der Waals surface area (Å²) in [5.41, 5.74) is 0.409. The number of nitrogens with one attached hydrogen (secondary N) is 1. The van der Waals surface area contributed by atoms with E-state index in [1.54, 1.807) is 12.3 Å². The van der Waals surface area contributed by atoms with Crippen molar-refractivity contribution >= 4 is 34.2 Å². The van der Waals surface area contributed by atoms with Crippen LogP contribution in [-0.4, -0.2) is 34.7 Å². The first-order valence-electron chi connectivity index (χ1n) is 11.0. The number of anilines is 2. The molecule has 1 fully saturated rings. The number of hydrogen-bond acceptors (Lipinski definition) is 5. The molecule has 1 aliphatic heterocycles. The van der Waals surface area contributed by atoms with Crippen molar-refractivity contribution in [2.45, 2.75) is 12.8 Å². The lowest BCUT2D eigenvalue weighted by molar-refractivity contribution is 0.101. The van der Waals surface area contributed by atoms with Crippen LogP contribution in [0.2, 0.25) is 0 Å². The number of carbonyl (C=O) groups is 2. The van der Waals surface area contributed by atoms with Crippen molar-refractivity contribution in [3.63, 3.8) is 0 Å². The molecule has 6 nitrogen and oxygen atoms in total. The highest BCUT2D eigenvalue weighted by molar-refractivity contribution is 6.11. The standard InChI is InChI=1S/C26H19F3N4O2/c27-17-5-3-4-16(10-17)26(35)31-18-12-19(24(29)20(28)13-18)25(34)15-6-7-21-22(11-15)32-23(14-30-21)33-8-1-2-9-33/h3-7,10-14H,1-2,8-9H2,(H,31,35). The van der Waals surface area contributed by atoms with E-state index in [1.165, 1.54) is 30.3 Å². The third kappa shape index (κ3) is 4.57. The van der Waals surface area contributed by atoms with Gasteiger partial charge in [0, 0.05) is 36.0 Å². The SMILES string of the molecule is O=C(Nc1cc(F)c(F)c(C(=O)c2ccc3ncc(N4CCCC4)nc3c2)c1)c1cccc(F)c1. The lowest BCUT2D eigenvalue weighted by Gasteiger charge is -2.16. The van der Waals surface area contributed by atoms with Crippen molar-refractivity contribution in [3.8, 4) is 0 Å². The normalized spacial score (nSPS) is 13.3. The van der Waals surface area contributed by atoms with Crippen molar-refractivity contribution < 1.29 is 22.8 Å². The molecule has 1 N–H and O–H groups in total.